The summed E-state index contributed by atoms with van der Waals surface area (Å²) in [6.07, 6.45) is -4.06. The van der Waals surface area contributed by atoms with Crippen LogP contribution in [0.2, 0.25) is 0 Å². The maximum Gasteiger partial charge on any atom is 0.186 e. The molecule has 1 saturated heterocycles. The van der Waals surface area contributed by atoms with Crippen molar-refractivity contribution in [3.8, 4) is 0 Å². The molecule has 29 heavy (non-hydrogen) atoms. The van der Waals surface area contributed by atoms with Crippen LogP contribution < -0.4 is 0 Å². The van der Waals surface area contributed by atoms with Crippen molar-refractivity contribution in [2.75, 3.05) is 6.61 Å². The lowest BCUT2D eigenvalue weighted by Gasteiger charge is -2.38. The molecule has 1 fully saturated rings. The van der Waals surface area contributed by atoms with E-state index in [-0.39, 0.29) is 18.8 Å². The Morgan fingerprint density at radius 1 is 1.21 bits per heavy atom. The first kappa shape index (κ1) is 19.9. The average Bonchev–Trinajstić information content (AvgIpc) is 3.10. The van der Waals surface area contributed by atoms with Crippen LogP contribution in [0.15, 0.2) is 30.5 Å². The topological polar surface area (TPSA) is 125 Å². The number of fused-ring (bicyclic) bond motifs is 3. The van der Waals surface area contributed by atoms with Crippen molar-refractivity contribution in [2.24, 2.45) is 0 Å². The zero-order valence-corrected chi connectivity index (χ0v) is 16.2. The van der Waals surface area contributed by atoms with Crippen LogP contribution in [-0.4, -0.2) is 68.4 Å². The first-order valence-electron chi connectivity index (χ1n) is 9.59. The van der Waals surface area contributed by atoms with Gasteiger partial charge in [0.15, 0.2) is 12.1 Å². The minimum absolute atomic E-state index is 0.0205. The van der Waals surface area contributed by atoms with Crippen LogP contribution in [0.25, 0.3) is 21.8 Å². The van der Waals surface area contributed by atoms with Gasteiger partial charge in [0.2, 0.25) is 0 Å². The summed E-state index contributed by atoms with van der Waals surface area (Å²) < 4.78 is 10.8. The molecule has 1 aromatic carbocycles. The number of nitrogens with zero attached hydrogens (tertiary/aromatic N) is 1. The third-order valence-electron chi connectivity index (χ3n) is 5.41. The van der Waals surface area contributed by atoms with Crippen LogP contribution in [0.4, 0.5) is 0 Å². The standard InChI is InChI=1S/C21H24N2O6/c1-10-9-22-16(17-15(10)12-5-3-4-6-13(12)23-17)14(24)7-8-28-21-20(27)19(26)18(25)11(2)29-21/h3-6,9,11,18-21,23,25-27H,7-8H2,1-2H3/t11-,18-,19+,20-,21+/m0/s1. The number of ketones is 1. The third kappa shape index (κ3) is 3.54. The molecule has 0 radical (unpaired) electrons. The van der Waals surface area contributed by atoms with Gasteiger partial charge in [-0.3, -0.25) is 9.78 Å². The second-order valence-electron chi connectivity index (χ2n) is 7.44. The quantitative estimate of drug-likeness (QED) is 0.478. The maximum absolute atomic E-state index is 12.8. The molecule has 0 amide bonds. The Hall–Kier alpha value is -2.36. The molecule has 0 bridgehead atoms. The second kappa shape index (κ2) is 7.81. The predicted octanol–water partition coefficient (Wildman–Crippen LogP) is 1.44. The zero-order valence-electron chi connectivity index (χ0n) is 16.2. The molecule has 0 saturated carbocycles. The summed E-state index contributed by atoms with van der Waals surface area (Å²) in [6.45, 7) is 3.51. The van der Waals surface area contributed by atoms with E-state index in [0.717, 1.165) is 21.9 Å². The van der Waals surface area contributed by atoms with Gasteiger partial charge in [-0.2, -0.15) is 0 Å². The number of hydrogen-bond donors (Lipinski definition) is 4. The summed E-state index contributed by atoms with van der Waals surface area (Å²) >= 11 is 0. The van der Waals surface area contributed by atoms with Gasteiger partial charge in [-0.1, -0.05) is 18.2 Å². The molecule has 0 spiro atoms. The Morgan fingerprint density at radius 2 is 1.97 bits per heavy atom. The SMILES string of the molecule is Cc1cnc(C(=O)CCO[C@@H]2O[C@@H](C)[C@H](O)[C@@H](O)[C@@H]2O)c2[nH]c3ccccc3c12. The molecule has 0 unspecified atom stereocenters. The van der Waals surface area contributed by atoms with Crippen molar-refractivity contribution in [1.29, 1.82) is 0 Å². The van der Waals surface area contributed by atoms with Crippen molar-refractivity contribution in [3.63, 3.8) is 0 Å². The molecule has 8 heteroatoms. The Balaban J connectivity index is 1.49. The van der Waals surface area contributed by atoms with Crippen molar-refractivity contribution < 1.29 is 29.6 Å². The van der Waals surface area contributed by atoms with Crippen LogP contribution in [0.1, 0.15) is 29.4 Å². The number of hydrogen-bond acceptors (Lipinski definition) is 7. The molecule has 8 nitrogen and oxygen atoms in total. The monoisotopic (exact) mass is 400 g/mol. The number of aromatic amines is 1. The summed E-state index contributed by atoms with van der Waals surface area (Å²) in [7, 11) is 0. The highest BCUT2D eigenvalue weighted by atomic mass is 16.7. The van der Waals surface area contributed by atoms with E-state index in [1.165, 1.54) is 0 Å². The minimum atomic E-state index is -1.39. The van der Waals surface area contributed by atoms with Gasteiger partial charge in [-0.15, -0.1) is 0 Å². The number of pyridine rings is 1. The molecular formula is C21H24N2O6. The van der Waals surface area contributed by atoms with E-state index in [4.69, 9.17) is 9.47 Å². The van der Waals surface area contributed by atoms with Crippen molar-refractivity contribution in [2.45, 2.75) is 51.0 Å². The predicted molar refractivity (Wildman–Crippen MR) is 106 cm³/mol. The number of benzene rings is 1. The summed E-state index contributed by atoms with van der Waals surface area (Å²) in [4.78, 5) is 20.4. The number of para-hydroxylation sites is 1. The van der Waals surface area contributed by atoms with E-state index in [9.17, 15) is 20.1 Å². The average molecular weight is 400 g/mol. The number of nitrogens with one attached hydrogen (secondary N) is 1. The van der Waals surface area contributed by atoms with Crippen molar-refractivity contribution in [1.82, 2.24) is 9.97 Å². The summed E-state index contributed by atoms with van der Waals surface area (Å²) in [5.74, 6) is -0.208. The van der Waals surface area contributed by atoms with Gasteiger partial charge in [0.05, 0.1) is 18.2 Å². The highest BCUT2D eigenvalue weighted by molar-refractivity contribution is 6.15. The highest BCUT2D eigenvalue weighted by Gasteiger charge is 2.42. The van der Waals surface area contributed by atoms with E-state index in [1.807, 2.05) is 31.2 Å². The summed E-state index contributed by atoms with van der Waals surface area (Å²) in [5.41, 5.74) is 2.94. The fourth-order valence-electron chi connectivity index (χ4n) is 3.77. The number of rotatable bonds is 5. The van der Waals surface area contributed by atoms with Crippen LogP contribution in [0.3, 0.4) is 0 Å². The van der Waals surface area contributed by atoms with Crippen LogP contribution in [-0.2, 0) is 9.47 Å². The summed E-state index contributed by atoms with van der Waals surface area (Å²) in [6, 6.07) is 7.83. The van der Waals surface area contributed by atoms with Crippen molar-refractivity contribution >= 4 is 27.6 Å². The Bertz CT molecular complexity index is 1050. The fraction of sp³-hybridized carbons (Fsp3) is 0.429. The molecule has 3 aromatic rings. The van der Waals surface area contributed by atoms with E-state index in [2.05, 4.69) is 9.97 Å². The molecule has 5 atom stereocenters. The number of aliphatic hydroxyl groups excluding tert-OH is 3. The minimum Gasteiger partial charge on any atom is -0.388 e. The zero-order chi connectivity index (χ0) is 20.7. The highest BCUT2D eigenvalue weighted by Crippen LogP contribution is 2.30. The number of carbonyl (C=O) groups excluding carboxylic acids is 1. The lowest BCUT2D eigenvalue weighted by Crippen LogP contribution is -2.57. The van der Waals surface area contributed by atoms with Gasteiger partial charge in [0.1, 0.15) is 24.0 Å². The van der Waals surface area contributed by atoms with Crippen molar-refractivity contribution in [3.05, 3.63) is 41.7 Å². The van der Waals surface area contributed by atoms with Gasteiger partial charge in [0.25, 0.3) is 0 Å². The Morgan fingerprint density at radius 3 is 2.76 bits per heavy atom. The van der Waals surface area contributed by atoms with Gasteiger partial charge in [-0.25, -0.2) is 0 Å². The number of H-pyrrole nitrogens is 1. The second-order valence-corrected chi connectivity index (χ2v) is 7.44. The van der Waals surface area contributed by atoms with Gasteiger partial charge >= 0.3 is 0 Å². The molecule has 4 N–H and O–H groups in total. The van der Waals surface area contributed by atoms with E-state index < -0.39 is 30.7 Å². The maximum atomic E-state index is 12.8. The number of aromatic nitrogens is 2. The molecule has 1 aliphatic heterocycles. The summed E-state index contributed by atoms with van der Waals surface area (Å²) in [5, 5.41) is 31.6. The van der Waals surface area contributed by atoms with E-state index in [0.29, 0.717) is 11.2 Å². The molecule has 2 aromatic heterocycles. The van der Waals surface area contributed by atoms with E-state index in [1.54, 1.807) is 13.1 Å². The number of ether oxygens (including phenoxy) is 2. The van der Waals surface area contributed by atoms with Crippen LogP contribution in [0, 0.1) is 6.92 Å². The first-order valence-corrected chi connectivity index (χ1v) is 9.59. The van der Waals surface area contributed by atoms with Gasteiger partial charge in [-0.05, 0) is 25.5 Å². The molecule has 4 rings (SSSR count). The number of carbonyl (C=O) groups is 1. The molecule has 0 aliphatic carbocycles. The first-order chi connectivity index (χ1) is 13.9. The smallest absolute Gasteiger partial charge is 0.186 e. The fourth-order valence-corrected chi connectivity index (χ4v) is 3.77. The molecule has 154 valence electrons. The van der Waals surface area contributed by atoms with Crippen LogP contribution in [0.5, 0.6) is 0 Å². The lowest BCUT2D eigenvalue weighted by molar-refractivity contribution is -0.292. The molecule has 1 aliphatic rings. The number of Topliss-reactive ketones (excluding diaryl/α,β-unsaturated/α-hetero) is 1. The number of aryl methyl sites for hydroxylation is 1. The van der Waals surface area contributed by atoms with Crippen LogP contribution >= 0.6 is 0 Å². The molecule has 3 heterocycles. The lowest BCUT2D eigenvalue weighted by atomic mass is 10.00. The normalized spacial score (nSPS) is 27.6. The van der Waals surface area contributed by atoms with Gasteiger partial charge < -0.3 is 29.8 Å². The molecular weight excluding hydrogens is 376 g/mol. The largest absolute Gasteiger partial charge is 0.388 e. The Kier molecular flexibility index (Phi) is 5.37. The Labute approximate surface area is 167 Å². The van der Waals surface area contributed by atoms with Gasteiger partial charge in [0, 0.05) is 28.9 Å². The number of aliphatic hydroxyl groups is 3. The van der Waals surface area contributed by atoms with E-state index >= 15 is 0 Å². The third-order valence-corrected chi connectivity index (χ3v) is 5.41.